The molecule has 1 saturated carbocycles. The lowest BCUT2D eigenvalue weighted by molar-refractivity contribution is -0.128. The summed E-state index contributed by atoms with van der Waals surface area (Å²) in [4.78, 5) is 13.1. The fourth-order valence-corrected chi connectivity index (χ4v) is 5.12. The molecule has 0 aromatic heterocycles. The van der Waals surface area contributed by atoms with E-state index in [4.69, 9.17) is 0 Å². The molecule has 1 saturated heterocycles. The Morgan fingerprint density at radius 1 is 1.28 bits per heavy atom. The van der Waals surface area contributed by atoms with Crippen LogP contribution in [-0.2, 0) is 14.8 Å². The minimum atomic E-state index is -3.48. The van der Waals surface area contributed by atoms with Crippen molar-refractivity contribution < 1.29 is 13.2 Å². The van der Waals surface area contributed by atoms with E-state index in [1.165, 1.54) is 18.6 Å². The zero-order valence-corrected chi connectivity index (χ0v) is 15.5. The van der Waals surface area contributed by atoms with Crippen LogP contribution in [0.5, 0.6) is 0 Å². The zero-order valence-electron chi connectivity index (χ0n) is 14.7. The smallest absolute Gasteiger partial charge is 0.240 e. The minimum Gasteiger partial charge on any atom is -0.326 e. The number of fused-ring (bicyclic) bond motifs is 1. The molecule has 1 aliphatic carbocycles. The molecule has 0 unspecified atom stereocenters. The number of rotatable bonds is 6. The van der Waals surface area contributed by atoms with Crippen molar-refractivity contribution in [2.24, 2.45) is 11.3 Å². The van der Waals surface area contributed by atoms with Crippen LogP contribution >= 0.6 is 0 Å². The van der Waals surface area contributed by atoms with Gasteiger partial charge in [0.15, 0.2) is 0 Å². The summed E-state index contributed by atoms with van der Waals surface area (Å²) in [6, 6.07) is 6.40. The molecule has 1 amide bonds. The Morgan fingerprint density at radius 3 is 2.76 bits per heavy atom. The number of sulfonamides is 1. The van der Waals surface area contributed by atoms with Gasteiger partial charge in [0.1, 0.15) is 0 Å². The number of hydrogen-bond donors (Lipinski definition) is 3. The van der Waals surface area contributed by atoms with E-state index in [9.17, 15) is 13.2 Å². The van der Waals surface area contributed by atoms with Crippen LogP contribution in [0.15, 0.2) is 29.2 Å². The first-order chi connectivity index (χ1) is 12.0. The number of anilines is 1. The van der Waals surface area contributed by atoms with Crippen molar-refractivity contribution in [2.45, 2.75) is 43.9 Å². The van der Waals surface area contributed by atoms with Crippen molar-refractivity contribution in [1.82, 2.24) is 10.0 Å². The summed E-state index contributed by atoms with van der Waals surface area (Å²) >= 11 is 0. The van der Waals surface area contributed by atoms with Crippen molar-refractivity contribution in [3.63, 3.8) is 0 Å². The zero-order chi connectivity index (χ0) is 17.9. The van der Waals surface area contributed by atoms with E-state index in [2.05, 4.69) is 15.4 Å². The van der Waals surface area contributed by atoms with Crippen LogP contribution in [0.25, 0.3) is 0 Å². The quantitative estimate of drug-likeness (QED) is 0.720. The Morgan fingerprint density at radius 2 is 2.04 bits per heavy atom. The molecule has 3 rings (SSSR count). The lowest BCUT2D eigenvalue weighted by atomic mass is 9.67. The van der Waals surface area contributed by atoms with Crippen LogP contribution in [0.1, 0.15) is 39.0 Å². The second-order valence-corrected chi connectivity index (χ2v) is 8.87. The van der Waals surface area contributed by atoms with Crippen LogP contribution < -0.4 is 15.4 Å². The number of nitrogens with one attached hydrogen (secondary N) is 3. The highest BCUT2D eigenvalue weighted by Crippen LogP contribution is 2.44. The molecule has 1 aromatic rings. The lowest BCUT2D eigenvalue weighted by Gasteiger charge is -2.37. The Hall–Kier alpha value is -1.44. The van der Waals surface area contributed by atoms with Crippen LogP contribution in [0.3, 0.4) is 0 Å². The van der Waals surface area contributed by atoms with Crippen molar-refractivity contribution in [1.29, 1.82) is 0 Å². The number of hydrogen-bond acceptors (Lipinski definition) is 4. The van der Waals surface area contributed by atoms with Gasteiger partial charge in [-0.05, 0) is 56.0 Å². The van der Waals surface area contributed by atoms with E-state index < -0.39 is 10.0 Å². The van der Waals surface area contributed by atoms with Gasteiger partial charge in [-0.25, -0.2) is 13.1 Å². The summed E-state index contributed by atoms with van der Waals surface area (Å²) < 4.78 is 26.8. The van der Waals surface area contributed by atoms with Gasteiger partial charge in [-0.15, -0.1) is 0 Å². The molecule has 1 aromatic carbocycles. The Labute approximate surface area is 149 Å². The summed E-state index contributed by atoms with van der Waals surface area (Å²) in [5.74, 6) is 0.459. The highest BCUT2D eigenvalue weighted by Gasteiger charge is 2.49. The Kier molecular flexibility index (Phi) is 5.46. The van der Waals surface area contributed by atoms with Gasteiger partial charge in [-0.1, -0.05) is 19.8 Å². The second-order valence-electron chi connectivity index (χ2n) is 7.11. The van der Waals surface area contributed by atoms with Crippen LogP contribution in [-0.4, -0.2) is 34.0 Å². The molecule has 2 atom stereocenters. The molecule has 6 nitrogen and oxygen atoms in total. The van der Waals surface area contributed by atoms with Crippen molar-refractivity contribution in [2.75, 3.05) is 25.0 Å². The van der Waals surface area contributed by atoms with E-state index in [-0.39, 0.29) is 16.2 Å². The van der Waals surface area contributed by atoms with E-state index in [0.717, 1.165) is 38.8 Å². The van der Waals surface area contributed by atoms with Gasteiger partial charge in [0, 0.05) is 18.8 Å². The molecule has 2 fully saturated rings. The predicted octanol–water partition coefficient (Wildman–Crippen LogP) is 2.09. The van der Waals surface area contributed by atoms with Gasteiger partial charge in [0.25, 0.3) is 0 Å². The molecule has 0 radical (unpaired) electrons. The second kappa shape index (κ2) is 7.43. The average Bonchev–Trinajstić information content (AvgIpc) is 3.06. The maximum Gasteiger partial charge on any atom is 0.240 e. The maximum atomic E-state index is 12.9. The number of carbonyl (C=O) groups excluding carboxylic acids is 1. The molecule has 1 aliphatic heterocycles. The summed E-state index contributed by atoms with van der Waals surface area (Å²) in [5.41, 5.74) is 0.330. The van der Waals surface area contributed by atoms with Gasteiger partial charge < -0.3 is 10.6 Å². The number of amides is 1. The van der Waals surface area contributed by atoms with Gasteiger partial charge >= 0.3 is 0 Å². The van der Waals surface area contributed by atoms with E-state index in [0.29, 0.717) is 18.2 Å². The van der Waals surface area contributed by atoms with Crippen molar-refractivity contribution in [3.05, 3.63) is 24.3 Å². The Bertz CT molecular complexity index is 718. The summed E-state index contributed by atoms with van der Waals surface area (Å²) in [7, 11) is -3.48. The molecule has 2 aliphatic rings. The number of benzene rings is 1. The normalized spacial score (nSPS) is 26.2. The molecule has 0 bridgehead atoms. The molecule has 1 heterocycles. The molecule has 3 N–H and O–H groups in total. The van der Waals surface area contributed by atoms with Gasteiger partial charge in [0.05, 0.1) is 10.3 Å². The highest BCUT2D eigenvalue weighted by atomic mass is 32.2. The van der Waals surface area contributed by atoms with Crippen LogP contribution in [0, 0.1) is 11.3 Å². The van der Waals surface area contributed by atoms with Crippen molar-refractivity contribution in [3.8, 4) is 0 Å². The predicted molar refractivity (Wildman–Crippen MR) is 97.8 cm³/mol. The summed E-state index contributed by atoms with van der Waals surface area (Å²) in [5, 5.41) is 6.37. The average molecular weight is 365 g/mol. The molecular formula is C18H27N3O3S. The molecule has 7 heteroatoms. The fourth-order valence-electron chi connectivity index (χ4n) is 3.98. The molecular weight excluding hydrogens is 338 g/mol. The third kappa shape index (κ3) is 3.73. The van der Waals surface area contributed by atoms with Crippen LogP contribution in [0.2, 0.25) is 0 Å². The first-order valence-electron chi connectivity index (χ1n) is 9.10. The molecule has 138 valence electrons. The van der Waals surface area contributed by atoms with Gasteiger partial charge in [-0.2, -0.15) is 0 Å². The summed E-state index contributed by atoms with van der Waals surface area (Å²) in [6.45, 7) is 3.97. The standard InChI is InChI=1S/C18H27N3O3S/c1-2-11-20-25(23,24)16-8-6-15(7-9-16)21-17(22)18-10-4-3-5-14(18)12-19-13-18/h6-9,14,19-20H,2-5,10-13H2,1H3,(H,21,22)/t14-,18+/m0/s1. The van der Waals surface area contributed by atoms with Crippen molar-refractivity contribution >= 4 is 21.6 Å². The SMILES string of the molecule is CCCNS(=O)(=O)c1ccc(NC(=O)[C@@]23CCCC[C@H]2CNC3)cc1. The van der Waals surface area contributed by atoms with E-state index in [1.807, 2.05) is 6.92 Å². The minimum absolute atomic E-state index is 0.0573. The first-order valence-corrected chi connectivity index (χ1v) is 10.6. The maximum absolute atomic E-state index is 12.9. The first kappa shape index (κ1) is 18.4. The topological polar surface area (TPSA) is 87.3 Å². The lowest BCUT2D eigenvalue weighted by Crippen LogP contribution is -2.44. The third-order valence-electron chi connectivity index (χ3n) is 5.45. The van der Waals surface area contributed by atoms with Crippen LogP contribution in [0.4, 0.5) is 5.69 Å². The fraction of sp³-hybridized carbons (Fsp3) is 0.611. The molecule has 0 spiro atoms. The van der Waals surface area contributed by atoms with Gasteiger partial charge in [0.2, 0.25) is 15.9 Å². The summed E-state index contributed by atoms with van der Waals surface area (Å²) in [6.07, 6.45) is 5.04. The highest BCUT2D eigenvalue weighted by molar-refractivity contribution is 7.89. The third-order valence-corrected chi connectivity index (χ3v) is 6.93. The van der Waals surface area contributed by atoms with Gasteiger partial charge in [-0.3, -0.25) is 4.79 Å². The largest absolute Gasteiger partial charge is 0.326 e. The molecule has 25 heavy (non-hydrogen) atoms. The van der Waals surface area contributed by atoms with E-state index in [1.54, 1.807) is 12.1 Å². The monoisotopic (exact) mass is 365 g/mol. The van der Waals surface area contributed by atoms with E-state index >= 15 is 0 Å². The number of carbonyl (C=O) groups is 1. The Balaban J connectivity index is 1.70.